The molecule has 2 fully saturated rings. The second-order valence-corrected chi connectivity index (χ2v) is 19.0. The van der Waals surface area contributed by atoms with Crippen LogP contribution >= 0.6 is 0 Å². The number of nitrogens with one attached hydrogen (secondary N) is 1. The van der Waals surface area contributed by atoms with E-state index >= 15 is 0 Å². The van der Waals surface area contributed by atoms with Crippen LogP contribution in [0.2, 0.25) is 0 Å². The Labute approximate surface area is 377 Å². The molecule has 0 bridgehead atoms. The molecule has 354 valence electrons. The first-order valence-electron chi connectivity index (χ1n) is 23.6. The van der Waals surface area contributed by atoms with Crippen LogP contribution in [0, 0.1) is 35.5 Å². The van der Waals surface area contributed by atoms with Gasteiger partial charge in [-0.15, -0.1) is 0 Å². The maximum absolute atomic E-state index is 14.5. The van der Waals surface area contributed by atoms with Gasteiger partial charge >= 0.3 is 0 Å². The van der Waals surface area contributed by atoms with Crippen LogP contribution in [0.15, 0.2) is 30.5 Å². The van der Waals surface area contributed by atoms with Gasteiger partial charge in [0.15, 0.2) is 5.78 Å². The van der Waals surface area contributed by atoms with Gasteiger partial charge in [0.05, 0.1) is 49.3 Å². The number of nitrogens with two attached hydrogens (primary N) is 1. The number of nitrogens with zero attached hydrogens (tertiary/aromatic N) is 4. The molecule has 0 spiro atoms. The van der Waals surface area contributed by atoms with Gasteiger partial charge < -0.3 is 30.0 Å². The van der Waals surface area contributed by atoms with Crippen LogP contribution in [-0.4, -0.2) is 145 Å². The van der Waals surface area contributed by atoms with Gasteiger partial charge in [-0.3, -0.25) is 33.7 Å². The van der Waals surface area contributed by atoms with Crippen LogP contribution in [0.3, 0.4) is 0 Å². The first kappa shape index (κ1) is 51.9. The smallest absolute Gasteiger partial charge is 0.250 e. The third-order valence-corrected chi connectivity index (χ3v) is 14.0. The van der Waals surface area contributed by atoms with Crippen molar-refractivity contribution in [2.45, 2.75) is 137 Å². The third-order valence-electron chi connectivity index (χ3n) is 14.0. The summed E-state index contributed by atoms with van der Waals surface area (Å²) in [6.45, 7) is 16.4. The molecule has 1 aromatic carbocycles. The van der Waals surface area contributed by atoms with Crippen molar-refractivity contribution in [2.75, 3.05) is 61.1 Å². The second kappa shape index (κ2) is 24.6. The monoisotopic (exact) mass is 881 g/mol. The number of aromatic amines is 1. The van der Waals surface area contributed by atoms with E-state index in [1.165, 1.54) is 5.06 Å². The zero-order valence-corrected chi connectivity index (χ0v) is 40.3. The molecule has 14 heteroatoms. The number of ketones is 2. The summed E-state index contributed by atoms with van der Waals surface area (Å²) >= 11 is 0. The number of likely N-dealkylation sites (N-methyl/N-ethyl adjacent to an activating group) is 2. The van der Waals surface area contributed by atoms with Crippen molar-refractivity contribution in [1.82, 2.24) is 24.7 Å². The average Bonchev–Trinajstić information content (AvgIpc) is 3.92. The van der Waals surface area contributed by atoms with Crippen molar-refractivity contribution < 1.29 is 38.3 Å². The third kappa shape index (κ3) is 13.0. The molecule has 0 radical (unpaired) electrons. The maximum atomic E-state index is 14.5. The molecule has 4 rings (SSSR count). The number of para-hydroxylation sites is 1. The van der Waals surface area contributed by atoms with Crippen LogP contribution in [0.25, 0.3) is 10.9 Å². The minimum absolute atomic E-state index is 0.00802. The van der Waals surface area contributed by atoms with Gasteiger partial charge in [-0.25, -0.2) is 5.06 Å². The standard InChI is InChI=1S/C49H80N6O8/c1-12-33(6)46(53(9)49(60)38(31(2)3)28-42(57)45(32(4)5)52(8)24-21-50)43(61-10)29-44(58)54-22-17-20-40(54)47(62-11)34(7)41(56)27-35(48(59)55-23-15-16-25-63-55)26-36-30-51-39-19-14-13-18-37(36)39/h13-14,18-19,30-35,38,40,43,45-47,51H,12,15-17,20-29,50H2,1-11H3/t33-,34-,35+,38-,40-,43+,45-,46-,47+/m0/s1. The summed E-state index contributed by atoms with van der Waals surface area (Å²) in [7, 11) is 6.84. The quantitative estimate of drug-likeness (QED) is 0.123. The highest BCUT2D eigenvalue weighted by atomic mass is 16.7. The van der Waals surface area contributed by atoms with Crippen molar-refractivity contribution in [3.05, 3.63) is 36.0 Å². The fourth-order valence-electron chi connectivity index (χ4n) is 10.2. The Morgan fingerprint density at radius 1 is 0.905 bits per heavy atom. The number of carbonyl (C=O) groups is 5. The number of carbonyl (C=O) groups excluding carboxylic acids is 5. The predicted molar refractivity (Wildman–Crippen MR) is 246 cm³/mol. The zero-order valence-electron chi connectivity index (χ0n) is 40.3. The Morgan fingerprint density at radius 3 is 2.22 bits per heavy atom. The van der Waals surface area contributed by atoms with Gasteiger partial charge in [-0.2, -0.15) is 0 Å². The molecule has 0 saturated carbocycles. The van der Waals surface area contributed by atoms with E-state index in [0.717, 1.165) is 42.1 Å². The number of rotatable bonds is 25. The van der Waals surface area contributed by atoms with Crippen molar-refractivity contribution in [3.8, 4) is 0 Å². The number of methoxy groups -OCH3 is 2. The largest absolute Gasteiger partial charge is 0.379 e. The SMILES string of the molecule is CC[C@H](C)[C@@H]([C@@H](CC(=O)N1CCC[C@H]1[C@H](OC)[C@@H](C)C(=O)C[C@@H](Cc1c[nH]c2ccccc12)C(=O)N1CCCCO1)OC)N(C)C(=O)[C@@H](CC(=O)[C@H](C(C)C)N(C)CCN)C(C)C. The summed E-state index contributed by atoms with van der Waals surface area (Å²) in [6.07, 6.45) is 5.08. The van der Waals surface area contributed by atoms with E-state index in [1.807, 2.05) is 81.9 Å². The summed E-state index contributed by atoms with van der Waals surface area (Å²) in [6, 6.07) is 6.78. The Bertz CT molecular complexity index is 1790. The number of Topliss-reactive ketones (excluding diaryl/α,β-unsaturated/α-hetero) is 2. The Balaban J connectivity index is 1.51. The van der Waals surface area contributed by atoms with E-state index in [-0.39, 0.29) is 78.4 Å². The molecule has 0 aliphatic carbocycles. The second-order valence-electron chi connectivity index (χ2n) is 19.0. The number of benzene rings is 1. The molecule has 3 heterocycles. The van der Waals surface area contributed by atoms with Crippen molar-refractivity contribution in [1.29, 1.82) is 0 Å². The summed E-state index contributed by atoms with van der Waals surface area (Å²) in [4.78, 5) is 85.8. The molecule has 3 amide bonds. The van der Waals surface area contributed by atoms with Crippen LogP contribution < -0.4 is 5.73 Å². The van der Waals surface area contributed by atoms with Crippen LogP contribution in [0.5, 0.6) is 0 Å². The summed E-state index contributed by atoms with van der Waals surface area (Å²) in [5, 5.41) is 2.45. The van der Waals surface area contributed by atoms with Gasteiger partial charge in [-0.1, -0.05) is 73.1 Å². The van der Waals surface area contributed by atoms with Crippen LogP contribution in [0.4, 0.5) is 0 Å². The minimum atomic E-state index is -0.640. The van der Waals surface area contributed by atoms with E-state index in [1.54, 1.807) is 26.2 Å². The lowest BCUT2D eigenvalue weighted by Crippen LogP contribution is -2.54. The number of fused-ring (bicyclic) bond motifs is 1. The number of H-pyrrole nitrogens is 1. The van der Waals surface area contributed by atoms with Gasteiger partial charge in [0.2, 0.25) is 17.7 Å². The normalized spacial score (nSPS) is 19.8. The molecule has 63 heavy (non-hydrogen) atoms. The Hall–Kier alpha value is -3.69. The lowest BCUT2D eigenvalue weighted by molar-refractivity contribution is -0.201. The molecular formula is C49H80N6O8. The van der Waals surface area contributed by atoms with Crippen molar-refractivity contribution >= 4 is 40.2 Å². The first-order chi connectivity index (χ1) is 30.0. The predicted octanol–water partition coefficient (Wildman–Crippen LogP) is 5.91. The number of likely N-dealkylation sites (tertiary alicyclic amines) is 1. The maximum Gasteiger partial charge on any atom is 0.250 e. The number of amides is 3. The number of aromatic nitrogens is 1. The molecule has 1 aromatic heterocycles. The first-order valence-corrected chi connectivity index (χ1v) is 23.6. The van der Waals surface area contributed by atoms with E-state index in [4.69, 9.17) is 20.0 Å². The topological polar surface area (TPSA) is 168 Å². The van der Waals surface area contributed by atoms with E-state index in [0.29, 0.717) is 45.6 Å². The fourth-order valence-corrected chi connectivity index (χ4v) is 10.2. The molecule has 2 aliphatic heterocycles. The van der Waals surface area contributed by atoms with Crippen LogP contribution in [-0.2, 0) is 44.7 Å². The summed E-state index contributed by atoms with van der Waals surface area (Å²) in [5.41, 5.74) is 7.77. The van der Waals surface area contributed by atoms with Crippen molar-refractivity contribution in [2.24, 2.45) is 41.2 Å². The number of hydroxylamine groups is 2. The average molecular weight is 881 g/mol. The molecule has 14 nitrogen and oxygen atoms in total. The molecule has 9 atom stereocenters. The Kier molecular flexibility index (Phi) is 20.2. The molecular weight excluding hydrogens is 801 g/mol. The lowest BCUT2D eigenvalue weighted by Gasteiger charge is -2.41. The molecule has 0 unspecified atom stereocenters. The summed E-state index contributed by atoms with van der Waals surface area (Å²) in [5.74, 6) is -2.41. The zero-order chi connectivity index (χ0) is 46.5. The van der Waals surface area contributed by atoms with E-state index in [9.17, 15) is 24.0 Å². The highest BCUT2D eigenvalue weighted by Crippen LogP contribution is 2.33. The van der Waals surface area contributed by atoms with Crippen molar-refractivity contribution in [3.63, 3.8) is 0 Å². The van der Waals surface area contributed by atoms with Crippen LogP contribution in [0.1, 0.15) is 105 Å². The highest BCUT2D eigenvalue weighted by Gasteiger charge is 2.44. The molecule has 3 N–H and O–H groups in total. The number of hydrogen-bond acceptors (Lipinski definition) is 10. The number of hydrogen-bond donors (Lipinski definition) is 2. The van der Waals surface area contributed by atoms with E-state index < -0.39 is 36.0 Å². The fraction of sp³-hybridized carbons (Fsp3) is 0.735. The highest BCUT2D eigenvalue weighted by molar-refractivity contribution is 5.91. The Morgan fingerprint density at radius 2 is 1.62 bits per heavy atom. The minimum Gasteiger partial charge on any atom is -0.379 e. The summed E-state index contributed by atoms with van der Waals surface area (Å²) < 4.78 is 12.2. The van der Waals surface area contributed by atoms with Gasteiger partial charge in [0.25, 0.3) is 0 Å². The van der Waals surface area contributed by atoms with Gasteiger partial charge in [-0.05, 0) is 68.5 Å². The molecule has 2 saturated heterocycles. The van der Waals surface area contributed by atoms with Gasteiger partial charge in [0, 0.05) is 89.2 Å². The lowest BCUT2D eigenvalue weighted by atomic mass is 9.83. The molecule has 2 aromatic rings. The number of ether oxygens (including phenoxy) is 2. The van der Waals surface area contributed by atoms with E-state index in [2.05, 4.69) is 18.8 Å². The molecule has 2 aliphatic rings. The van der Waals surface area contributed by atoms with Gasteiger partial charge in [0.1, 0.15) is 5.78 Å².